The summed E-state index contributed by atoms with van der Waals surface area (Å²) in [4.78, 5) is 3.76. The minimum atomic E-state index is -3.88. The molecule has 0 aromatic heterocycles. The van der Waals surface area contributed by atoms with Crippen molar-refractivity contribution in [2.75, 3.05) is 27.7 Å². The van der Waals surface area contributed by atoms with E-state index in [0.29, 0.717) is 0 Å². The summed E-state index contributed by atoms with van der Waals surface area (Å²) in [7, 11) is 0.274. The highest BCUT2D eigenvalue weighted by Gasteiger charge is 2.38. The lowest BCUT2D eigenvalue weighted by molar-refractivity contribution is -0.154. The van der Waals surface area contributed by atoms with E-state index >= 15 is 0 Å². The average Bonchev–Trinajstić information content (AvgIpc) is 2.40. The summed E-state index contributed by atoms with van der Waals surface area (Å²) in [5.41, 5.74) is 5.03. The van der Waals surface area contributed by atoms with Crippen LogP contribution in [0.25, 0.3) is 0 Å². The van der Waals surface area contributed by atoms with Gasteiger partial charge in [-0.25, -0.2) is 0 Å². The van der Waals surface area contributed by atoms with Gasteiger partial charge in [0.15, 0.2) is 5.17 Å². The minimum Gasteiger partial charge on any atom is -0.390 e. The van der Waals surface area contributed by atoms with Crippen LogP contribution in [0.3, 0.4) is 0 Å². The molecule has 0 radical (unpaired) electrons. The van der Waals surface area contributed by atoms with E-state index in [9.17, 15) is 18.6 Å². The molecular weight excluding hydrogens is 322 g/mol. The Morgan fingerprint density at radius 2 is 2.14 bits per heavy atom. The number of ether oxygens (including phenoxy) is 1. The fourth-order valence-corrected chi connectivity index (χ4v) is 2.96. The van der Waals surface area contributed by atoms with Gasteiger partial charge in [-0.2, -0.15) is 12.7 Å². The molecule has 0 aromatic rings. The highest BCUT2D eigenvalue weighted by molar-refractivity contribution is 8.14. The zero-order valence-corrected chi connectivity index (χ0v) is 13.7. The molecule has 0 saturated carbocycles. The van der Waals surface area contributed by atoms with Crippen LogP contribution in [-0.4, -0.2) is 79.6 Å². The number of nitrogens with two attached hydrogens (primary N) is 1. The molecule has 1 heterocycles. The molecule has 0 aromatic carbocycles. The van der Waals surface area contributed by atoms with Gasteiger partial charge in [0.05, 0.1) is 12.7 Å². The van der Waals surface area contributed by atoms with Crippen LogP contribution in [0, 0.1) is 0 Å². The van der Waals surface area contributed by atoms with Crippen LogP contribution in [-0.2, 0) is 19.2 Å². The summed E-state index contributed by atoms with van der Waals surface area (Å²) >= 11 is 1.09. The molecule has 0 spiro atoms. The summed E-state index contributed by atoms with van der Waals surface area (Å²) in [5.74, 6) is 0. The Hall–Kier alpha value is -0.430. The predicted molar refractivity (Wildman–Crippen MR) is 79.0 cm³/mol. The predicted octanol–water partition coefficient (Wildman–Crippen LogP) is -1.68. The fraction of sp³-hybridized carbons (Fsp3) is 0.900. The zero-order chi connectivity index (χ0) is 16.2. The Bertz CT molecular complexity index is 469. The molecule has 1 aliphatic rings. The molecule has 124 valence electrons. The van der Waals surface area contributed by atoms with E-state index in [4.69, 9.17) is 14.7 Å². The van der Waals surface area contributed by atoms with Gasteiger partial charge < -0.3 is 20.7 Å². The van der Waals surface area contributed by atoms with Gasteiger partial charge in [-0.1, -0.05) is 11.8 Å². The molecular formula is C10H21N3O6S2. The fourth-order valence-electron chi connectivity index (χ4n) is 1.57. The van der Waals surface area contributed by atoms with Gasteiger partial charge in [0.25, 0.3) is 0 Å². The first-order chi connectivity index (χ1) is 9.67. The smallest absolute Gasteiger partial charge is 0.337 e. The SMILES string of the molecule is CN=C(N)S[C@@H]1C[C@@H](O)[C@H](O)[C@@H](COS(=O)(=O)N(C)C)O1. The lowest BCUT2D eigenvalue weighted by Gasteiger charge is -2.36. The topological polar surface area (TPSA) is 135 Å². The van der Waals surface area contributed by atoms with Crippen LogP contribution >= 0.6 is 11.8 Å². The van der Waals surface area contributed by atoms with Gasteiger partial charge in [0.1, 0.15) is 17.6 Å². The molecule has 1 fully saturated rings. The van der Waals surface area contributed by atoms with Gasteiger partial charge in [-0.3, -0.25) is 9.18 Å². The standard InChI is InChI=1S/C10H21N3O6S2/c1-12-10(11)20-8-4-6(14)9(15)7(19-8)5-18-21(16,17)13(2)3/h6-9,14-15H,4-5H2,1-3H3,(H2,11,12)/t6-,7-,8-,9+/m1/s1. The van der Waals surface area contributed by atoms with E-state index in [2.05, 4.69) is 4.99 Å². The monoisotopic (exact) mass is 343 g/mol. The first-order valence-corrected chi connectivity index (χ1v) is 8.39. The van der Waals surface area contributed by atoms with Crippen LogP contribution in [0.15, 0.2) is 4.99 Å². The minimum absolute atomic E-state index is 0.152. The zero-order valence-electron chi connectivity index (χ0n) is 12.0. The number of thioether (sulfide) groups is 1. The Morgan fingerprint density at radius 3 is 2.67 bits per heavy atom. The number of hydrogen-bond donors (Lipinski definition) is 3. The van der Waals surface area contributed by atoms with E-state index in [1.165, 1.54) is 21.1 Å². The van der Waals surface area contributed by atoms with E-state index in [1.807, 2.05) is 0 Å². The van der Waals surface area contributed by atoms with Crippen molar-refractivity contribution in [3.63, 3.8) is 0 Å². The van der Waals surface area contributed by atoms with Crippen molar-refractivity contribution in [2.45, 2.75) is 30.2 Å². The number of aliphatic hydroxyl groups excluding tert-OH is 2. The third kappa shape index (κ3) is 5.36. The highest BCUT2D eigenvalue weighted by Crippen LogP contribution is 2.28. The van der Waals surface area contributed by atoms with Gasteiger partial charge in [0.2, 0.25) is 0 Å². The molecule has 4 atom stereocenters. The molecule has 11 heteroatoms. The molecule has 1 aliphatic heterocycles. The Labute approximate surface area is 128 Å². The molecule has 0 bridgehead atoms. The second-order valence-electron chi connectivity index (χ2n) is 4.60. The summed E-state index contributed by atoms with van der Waals surface area (Å²) < 4.78 is 34.2. The molecule has 0 aliphatic carbocycles. The maximum atomic E-state index is 11.5. The lowest BCUT2D eigenvalue weighted by Crippen LogP contribution is -2.50. The second kappa shape index (κ2) is 7.72. The summed E-state index contributed by atoms with van der Waals surface area (Å²) in [6.07, 6.45) is -3.12. The van der Waals surface area contributed by atoms with Crippen molar-refractivity contribution in [2.24, 2.45) is 10.7 Å². The van der Waals surface area contributed by atoms with Gasteiger partial charge in [-0.15, -0.1) is 0 Å². The maximum Gasteiger partial charge on any atom is 0.337 e. The Kier molecular flexibility index (Phi) is 6.84. The molecule has 4 N–H and O–H groups in total. The molecule has 21 heavy (non-hydrogen) atoms. The van der Waals surface area contributed by atoms with E-state index in [-0.39, 0.29) is 11.6 Å². The maximum absolute atomic E-state index is 11.5. The van der Waals surface area contributed by atoms with Crippen molar-refractivity contribution in [1.82, 2.24) is 4.31 Å². The van der Waals surface area contributed by atoms with Crippen molar-refractivity contribution in [3.8, 4) is 0 Å². The number of amidine groups is 1. The van der Waals surface area contributed by atoms with Crippen LogP contribution in [0.1, 0.15) is 6.42 Å². The molecule has 9 nitrogen and oxygen atoms in total. The second-order valence-corrected chi connectivity index (χ2v) is 7.60. The van der Waals surface area contributed by atoms with Crippen LogP contribution in [0.2, 0.25) is 0 Å². The number of nitrogens with zero attached hydrogens (tertiary/aromatic N) is 2. The van der Waals surface area contributed by atoms with Crippen LogP contribution in [0.5, 0.6) is 0 Å². The summed E-state index contributed by atoms with van der Waals surface area (Å²) in [6, 6.07) is 0. The third-order valence-electron chi connectivity index (χ3n) is 2.84. The van der Waals surface area contributed by atoms with E-state index in [1.54, 1.807) is 0 Å². The van der Waals surface area contributed by atoms with E-state index < -0.39 is 40.7 Å². The summed E-state index contributed by atoms with van der Waals surface area (Å²) in [6.45, 7) is -0.404. The number of aliphatic hydroxyl groups is 2. The van der Waals surface area contributed by atoms with Gasteiger partial charge in [-0.05, 0) is 0 Å². The quantitative estimate of drug-likeness (QED) is 0.398. The number of aliphatic imine (C=N–C) groups is 1. The number of hydrogen-bond acceptors (Lipinski definition) is 8. The molecule has 1 saturated heterocycles. The molecule has 1 rings (SSSR count). The normalized spacial score (nSPS) is 31.6. The highest BCUT2D eigenvalue weighted by atomic mass is 32.2. The molecule has 0 amide bonds. The third-order valence-corrected chi connectivity index (χ3v) is 5.16. The largest absolute Gasteiger partial charge is 0.390 e. The Balaban J connectivity index is 2.67. The van der Waals surface area contributed by atoms with Crippen molar-refractivity contribution >= 4 is 27.2 Å². The van der Waals surface area contributed by atoms with Gasteiger partial charge in [0, 0.05) is 27.6 Å². The Morgan fingerprint density at radius 1 is 1.52 bits per heavy atom. The first-order valence-electron chi connectivity index (χ1n) is 6.14. The van der Waals surface area contributed by atoms with Crippen LogP contribution < -0.4 is 5.73 Å². The lowest BCUT2D eigenvalue weighted by atomic mass is 10.0. The van der Waals surface area contributed by atoms with Crippen molar-refractivity contribution < 1.29 is 27.6 Å². The summed E-state index contributed by atoms with van der Waals surface area (Å²) in [5, 5.41) is 19.9. The molecule has 0 unspecified atom stereocenters. The number of rotatable bonds is 5. The van der Waals surface area contributed by atoms with Gasteiger partial charge >= 0.3 is 10.3 Å². The van der Waals surface area contributed by atoms with Crippen molar-refractivity contribution in [1.29, 1.82) is 0 Å². The van der Waals surface area contributed by atoms with E-state index in [0.717, 1.165) is 16.1 Å². The average molecular weight is 343 g/mol. The van der Waals surface area contributed by atoms with Crippen LogP contribution in [0.4, 0.5) is 0 Å². The van der Waals surface area contributed by atoms with Crippen molar-refractivity contribution in [3.05, 3.63) is 0 Å². The first kappa shape index (κ1) is 18.6.